The molecule has 0 unspecified atom stereocenters. The van der Waals surface area contributed by atoms with Crippen molar-refractivity contribution in [1.82, 2.24) is 9.80 Å². The highest BCUT2D eigenvalue weighted by atomic mass is 16.5. The molecule has 0 saturated carbocycles. The number of carbonyl (C=O) groups excluding carboxylic acids is 1. The van der Waals surface area contributed by atoms with Crippen LogP contribution in [0.3, 0.4) is 0 Å². The molecule has 0 radical (unpaired) electrons. The molecule has 0 aliphatic carbocycles. The average molecular weight is 332 g/mol. The van der Waals surface area contributed by atoms with Crippen LogP contribution in [0, 0.1) is 0 Å². The summed E-state index contributed by atoms with van der Waals surface area (Å²) in [5.41, 5.74) is 1.25. The van der Waals surface area contributed by atoms with Gasteiger partial charge in [0, 0.05) is 19.6 Å². The standard InChI is InChI=1S/C19H28N2O3/c1-15-11-21(13-17(14-22)24-15)19(23)18-9-5-6-10-20(18)12-16-7-3-2-4-8-16/h2-4,7-8,15,17-18,22H,5-6,9-14H2,1H3/t15-,17-,18-/m1/s1. The number of hydrogen-bond donors (Lipinski definition) is 1. The van der Waals surface area contributed by atoms with E-state index in [1.165, 1.54) is 5.56 Å². The van der Waals surface area contributed by atoms with E-state index in [1.54, 1.807) is 0 Å². The molecular formula is C19H28N2O3. The molecule has 24 heavy (non-hydrogen) atoms. The van der Waals surface area contributed by atoms with Gasteiger partial charge >= 0.3 is 0 Å². The van der Waals surface area contributed by atoms with Crippen molar-refractivity contribution in [3.05, 3.63) is 35.9 Å². The minimum atomic E-state index is -0.260. The van der Waals surface area contributed by atoms with Gasteiger partial charge in [-0.3, -0.25) is 9.69 Å². The van der Waals surface area contributed by atoms with Crippen LogP contribution >= 0.6 is 0 Å². The fourth-order valence-corrected chi connectivity index (χ4v) is 3.81. The Bertz CT molecular complexity index is 537. The van der Waals surface area contributed by atoms with Crippen LogP contribution in [0.4, 0.5) is 0 Å². The average Bonchev–Trinajstić information content (AvgIpc) is 2.62. The number of aliphatic hydroxyl groups is 1. The first-order valence-corrected chi connectivity index (χ1v) is 9.00. The number of ether oxygens (including phenoxy) is 1. The van der Waals surface area contributed by atoms with Gasteiger partial charge in [-0.15, -0.1) is 0 Å². The molecule has 0 spiro atoms. The molecule has 1 aromatic rings. The molecule has 2 heterocycles. The Morgan fingerprint density at radius 3 is 2.79 bits per heavy atom. The number of amides is 1. The number of rotatable bonds is 4. The summed E-state index contributed by atoms with van der Waals surface area (Å²) in [4.78, 5) is 17.3. The highest BCUT2D eigenvalue weighted by molar-refractivity contribution is 5.82. The maximum atomic E-state index is 13.1. The van der Waals surface area contributed by atoms with Crippen LogP contribution in [0.1, 0.15) is 31.7 Å². The van der Waals surface area contributed by atoms with Gasteiger partial charge in [-0.2, -0.15) is 0 Å². The number of piperidine rings is 1. The lowest BCUT2D eigenvalue weighted by atomic mass is 9.99. The summed E-state index contributed by atoms with van der Waals surface area (Å²) in [5.74, 6) is 0.194. The number of morpholine rings is 1. The third-order valence-corrected chi connectivity index (χ3v) is 4.97. The number of aliphatic hydroxyl groups excluding tert-OH is 1. The zero-order valence-corrected chi connectivity index (χ0v) is 14.4. The van der Waals surface area contributed by atoms with Gasteiger partial charge in [0.25, 0.3) is 0 Å². The summed E-state index contributed by atoms with van der Waals surface area (Å²) in [6.07, 6.45) is 2.89. The molecular weight excluding hydrogens is 304 g/mol. The van der Waals surface area contributed by atoms with Gasteiger partial charge < -0.3 is 14.7 Å². The van der Waals surface area contributed by atoms with Crippen molar-refractivity contribution in [2.75, 3.05) is 26.2 Å². The minimum Gasteiger partial charge on any atom is -0.394 e. The fourth-order valence-electron chi connectivity index (χ4n) is 3.81. The summed E-state index contributed by atoms with van der Waals surface area (Å²) in [6, 6.07) is 10.3. The zero-order chi connectivity index (χ0) is 16.9. The predicted octanol–water partition coefficient (Wildman–Crippen LogP) is 1.65. The lowest BCUT2D eigenvalue weighted by Crippen LogP contribution is -2.57. The molecule has 0 aromatic heterocycles. The van der Waals surface area contributed by atoms with Crippen molar-refractivity contribution < 1.29 is 14.6 Å². The van der Waals surface area contributed by atoms with Crippen LogP contribution < -0.4 is 0 Å². The Hall–Kier alpha value is -1.43. The number of hydrogen-bond acceptors (Lipinski definition) is 4. The monoisotopic (exact) mass is 332 g/mol. The number of carbonyl (C=O) groups is 1. The van der Waals surface area contributed by atoms with Crippen molar-refractivity contribution in [3.8, 4) is 0 Å². The summed E-state index contributed by atoms with van der Waals surface area (Å²) in [6.45, 7) is 4.83. The van der Waals surface area contributed by atoms with E-state index in [2.05, 4.69) is 17.0 Å². The summed E-state index contributed by atoms with van der Waals surface area (Å²) < 4.78 is 5.67. The first kappa shape index (κ1) is 17.4. The fraction of sp³-hybridized carbons (Fsp3) is 0.632. The van der Waals surface area contributed by atoms with E-state index in [-0.39, 0.29) is 30.8 Å². The van der Waals surface area contributed by atoms with Crippen LogP contribution in [0.5, 0.6) is 0 Å². The molecule has 2 fully saturated rings. The Labute approximate surface area is 144 Å². The van der Waals surface area contributed by atoms with Crippen LogP contribution in [0.15, 0.2) is 30.3 Å². The second kappa shape index (κ2) is 8.10. The molecule has 0 bridgehead atoms. The Morgan fingerprint density at radius 2 is 2.04 bits per heavy atom. The van der Waals surface area contributed by atoms with Gasteiger partial charge in [-0.25, -0.2) is 0 Å². The van der Waals surface area contributed by atoms with E-state index in [0.29, 0.717) is 13.1 Å². The van der Waals surface area contributed by atoms with Crippen LogP contribution in [0.2, 0.25) is 0 Å². The third-order valence-electron chi connectivity index (χ3n) is 4.97. The highest BCUT2D eigenvalue weighted by Gasteiger charge is 2.35. The van der Waals surface area contributed by atoms with E-state index in [4.69, 9.17) is 4.74 Å². The molecule has 3 atom stereocenters. The third kappa shape index (κ3) is 4.15. The minimum absolute atomic E-state index is 0.0222. The van der Waals surface area contributed by atoms with Gasteiger partial charge in [-0.1, -0.05) is 36.8 Å². The molecule has 2 saturated heterocycles. The van der Waals surface area contributed by atoms with Gasteiger partial charge in [0.15, 0.2) is 0 Å². The van der Waals surface area contributed by atoms with E-state index in [9.17, 15) is 9.90 Å². The number of nitrogens with zero attached hydrogens (tertiary/aromatic N) is 2. The summed E-state index contributed by atoms with van der Waals surface area (Å²) in [5, 5.41) is 9.39. The largest absolute Gasteiger partial charge is 0.394 e. The highest BCUT2D eigenvalue weighted by Crippen LogP contribution is 2.23. The molecule has 1 amide bonds. The van der Waals surface area contributed by atoms with E-state index < -0.39 is 0 Å². The quantitative estimate of drug-likeness (QED) is 0.911. The van der Waals surface area contributed by atoms with Gasteiger partial charge in [0.1, 0.15) is 0 Å². The topological polar surface area (TPSA) is 53.0 Å². The molecule has 3 rings (SSSR count). The van der Waals surface area contributed by atoms with Crippen molar-refractivity contribution in [2.24, 2.45) is 0 Å². The number of likely N-dealkylation sites (tertiary alicyclic amines) is 1. The molecule has 1 N–H and O–H groups in total. The van der Waals surface area contributed by atoms with Crippen LogP contribution in [-0.2, 0) is 16.1 Å². The van der Waals surface area contributed by atoms with E-state index >= 15 is 0 Å². The summed E-state index contributed by atoms with van der Waals surface area (Å²) in [7, 11) is 0. The molecule has 5 nitrogen and oxygen atoms in total. The van der Waals surface area contributed by atoms with E-state index in [1.807, 2.05) is 30.0 Å². The smallest absolute Gasteiger partial charge is 0.240 e. The first-order valence-electron chi connectivity index (χ1n) is 9.00. The first-order chi connectivity index (χ1) is 11.7. The van der Waals surface area contributed by atoms with Gasteiger partial charge in [0.05, 0.1) is 24.9 Å². The lowest BCUT2D eigenvalue weighted by molar-refractivity contribution is -0.153. The Kier molecular flexibility index (Phi) is 5.87. The van der Waals surface area contributed by atoms with E-state index in [0.717, 1.165) is 32.4 Å². The van der Waals surface area contributed by atoms with Gasteiger partial charge in [-0.05, 0) is 31.9 Å². The molecule has 1 aromatic carbocycles. The van der Waals surface area contributed by atoms with Crippen molar-refractivity contribution in [2.45, 2.75) is 51.0 Å². The maximum absolute atomic E-state index is 13.1. The molecule has 2 aliphatic rings. The van der Waals surface area contributed by atoms with Gasteiger partial charge in [0.2, 0.25) is 5.91 Å². The van der Waals surface area contributed by atoms with Crippen LogP contribution in [-0.4, -0.2) is 65.3 Å². The molecule has 132 valence electrons. The SMILES string of the molecule is C[C@@H]1CN(C(=O)[C@H]2CCCCN2Cc2ccccc2)C[C@H](CO)O1. The molecule has 2 aliphatic heterocycles. The summed E-state index contributed by atoms with van der Waals surface area (Å²) >= 11 is 0. The number of benzene rings is 1. The van der Waals surface area contributed by atoms with Crippen molar-refractivity contribution >= 4 is 5.91 Å². The van der Waals surface area contributed by atoms with Crippen LogP contribution in [0.25, 0.3) is 0 Å². The maximum Gasteiger partial charge on any atom is 0.240 e. The second-order valence-corrected chi connectivity index (χ2v) is 6.96. The Balaban J connectivity index is 1.69. The van der Waals surface area contributed by atoms with Crippen molar-refractivity contribution in [3.63, 3.8) is 0 Å². The Morgan fingerprint density at radius 1 is 1.25 bits per heavy atom. The second-order valence-electron chi connectivity index (χ2n) is 6.96. The lowest BCUT2D eigenvalue weighted by Gasteiger charge is -2.41. The normalized spacial score (nSPS) is 28.8. The van der Waals surface area contributed by atoms with Crippen molar-refractivity contribution in [1.29, 1.82) is 0 Å². The zero-order valence-electron chi connectivity index (χ0n) is 14.4. The molecule has 5 heteroatoms. The predicted molar refractivity (Wildman–Crippen MR) is 92.5 cm³/mol.